The molecule has 0 spiro atoms. The number of aliphatic hydroxyl groups excluding tert-OH is 1. The van der Waals surface area contributed by atoms with Crippen LogP contribution >= 0.6 is 11.3 Å². The summed E-state index contributed by atoms with van der Waals surface area (Å²) in [5.74, 6) is -3.51. The quantitative estimate of drug-likeness (QED) is 0.170. The highest BCUT2D eigenvalue weighted by molar-refractivity contribution is 7.89. The number of rotatable bonds is 16. The smallest absolute Gasteiger partial charge is 0.306 e. The van der Waals surface area contributed by atoms with Crippen molar-refractivity contribution < 1.29 is 41.3 Å². The van der Waals surface area contributed by atoms with Crippen molar-refractivity contribution in [2.75, 3.05) is 31.6 Å². The Labute approximate surface area is 302 Å². The van der Waals surface area contributed by atoms with E-state index in [1.807, 2.05) is 27.7 Å². The molecule has 1 saturated carbocycles. The summed E-state index contributed by atoms with van der Waals surface area (Å²) in [6.07, 6.45) is -0.0652. The lowest BCUT2D eigenvalue weighted by Crippen LogP contribution is -2.52. The molecule has 3 aliphatic rings. The number of aromatic nitrogens is 1. The molecule has 2 aliphatic heterocycles. The Hall–Kier alpha value is -2.79. The third kappa shape index (κ3) is 9.61. The molecule has 1 aliphatic carbocycles. The van der Waals surface area contributed by atoms with Crippen LogP contribution in [0.4, 0.5) is 13.9 Å². The number of aliphatic hydroxyl groups is 1. The molecule has 0 unspecified atom stereocenters. The van der Waals surface area contributed by atoms with Crippen LogP contribution in [-0.2, 0) is 35.4 Å². The number of carbonyl (C=O) groups is 1. The minimum absolute atomic E-state index is 0.000679. The summed E-state index contributed by atoms with van der Waals surface area (Å²) >= 11 is 1.39. The van der Waals surface area contributed by atoms with Crippen LogP contribution in [0.15, 0.2) is 41.3 Å². The van der Waals surface area contributed by atoms with Gasteiger partial charge in [-0.25, -0.2) is 22.2 Å². The van der Waals surface area contributed by atoms with E-state index in [1.165, 1.54) is 21.7 Å². The second kappa shape index (κ2) is 16.1. The lowest BCUT2D eigenvalue weighted by molar-refractivity contribution is -0.166. The Morgan fingerprint density at radius 2 is 1.82 bits per heavy atom. The number of fused-ring (bicyclic) bond motifs is 2. The van der Waals surface area contributed by atoms with E-state index < -0.39 is 52.0 Å². The first-order chi connectivity index (χ1) is 24.2. The van der Waals surface area contributed by atoms with E-state index in [2.05, 4.69) is 15.6 Å². The molecule has 6 rings (SSSR count). The van der Waals surface area contributed by atoms with Gasteiger partial charge in [0.15, 0.2) is 11.4 Å². The number of nitrogens with one attached hydrogen (secondary N) is 2. The van der Waals surface area contributed by atoms with Gasteiger partial charge in [-0.05, 0) is 67.5 Å². The summed E-state index contributed by atoms with van der Waals surface area (Å²) in [4.78, 5) is 18.2. The average Bonchev–Trinajstić information content (AvgIpc) is 3.61. The molecule has 0 amide bonds. The molecule has 3 fully saturated rings. The molecular weight excluding hydrogens is 703 g/mol. The Morgan fingerprint density at radius 1 is 1.08 bits per heavy atom. The summed E-state index contributed by atoms with van der Waals surface area (Å²) in [6.45, 7) is 8.20. The molecule has 3 aromatic rings. The van der Waals surface area contributed by atoms with Crippen LogP contribution in [-0.4, -0.2) is 91.7 Å². The molecule has 11 nitrogen and oxygen atoms in total. The summed E-state index contributed by atoms with van der Waals surface area (Å²) in [5.41, 5.74) is 0.906. The summed E-state index contributed by atoms with van der Waals surface area (Å²) in [7, 11) is -4.12. The van der Waals surface area contributed by atoms with E-state index in [0.717, 1.165) is 42.6 Å². The number of hydrogen-bond acceptors (Lipinski definition) is 11. The minimum atomic E-state index is -4.12. The number of nitrogens with zero attached hydrogens (tertiary/aromatic N) is 2. The highest BCUT2D eigenvalue weighted by atomic mass is 32.2. The van der Waals surface area contributed by atoms with Crippen molar-refractivity contribution in [2.45, 2.75) is 101 Å². The molecular formula is C36H48F2N4O7S2. The van der Waals surface area contributed by atoms with Crippen LogP contribution in [0, 0.1) is 29.4 Å². The van der Waals surface area contributed by atoms with Gasteiger partial charge in [0.2, 0.25) is 10.0 Å². The molecule has 3 N–H and O–H groups in total. The Kier molecular flexibility index (Phi) is 12.0. The van der Waals surface area contributed by atoms with Crippen LogP contribution < -0.4 is 10.6 Å². The number of benzene rings is 2. The standard InChI is InChI=1S/C36H48F2N4O7S2/c1-20(2)17-42(51(45,46)27-7-8-28-32(16-27)50-36(41-28)40-26-5-6-26)18-30(43)23(11-22-12-24(37)15-25(38)13-22)14-33(44)49-31-19-48-35-34(31)29(9-10-47-35)39-21(3)4/h7-8,12-13,15-16,20-21,23,26,29-31,34-35,39,43H,5-6,9-11,14,17-19H2,1-4H3,(H,40,41)/t23-,29+,30-,31+,34+,35-/m1/s1. The monoisotopic (exact) mass is 750 g/mol. The summed E-state index contributed by atoms with van der Waals surface area (Å²) in [6, 6.07) is 8.40. The molecule has 280 valence electrons. The van der Waals surface area contributed by atoms with Gasteiger partial charge in [0.25, 0.3) is 0 Å². The van der Waals surface area contributed by atoms with Crippen molar-refractivity contribution in [3.05, 3.63) is 53.6 Å². The molecule has 51 heavy (non-hydrogen) atoms. The molecule has 15 heteroatoms. The highest BCUT2D eigenvalue weighted by Crippen LogP contribution is 2.35. The number of sulfonamides is 1. The maximum absolute atomic E-state index is 14.3. The van der Waals surface area contributed by atoms with Gasteiger partial charge in [0, 0.05) is 43.2 Å². The maximum atomic E-state index is 14.3. The second-order valence-electron chi connectivity index (χ2n) is 14.7. The zero-order chi connectivity index (χ0) is 36.4. The van der Waals surface area contributed by atoms with Crippen LogP contribution in [0.5, 0.6) is 0 Å². The van der Waals surface area contributed by atoms with Crippen LogP contribution in [0.2, 0.25) is 0 Å². The molecule has 2 aromatic carbocycles. The first-order valence-electron chi connectivity index (χ1n) is 17.7. The minimum Gasteiger partial charge on any atom is -0.459 e. The topological polar surface area (TPSA) is 139 Å². The van der Waals surface area contributed by atoms with Crippen LogP contribution in [0.25, 0.3) is 10.2 Å². The van der Waals surface area contributed by atoms with Crippen LogP contribution in [0.1, 0.15) is 58.9 Å². The molecule has 2 saturated heterocycles. The number of halogens is 2. The summed E-state index contributed by atoms with van der Waals surface area (Å²) in [5, 5.41) is 19.3. The molecule has 0 radical (unpaired) electrons. The van der Waals surface area contributed by atoms with Crippen molar-refractivity contribution in [2.24, 2.45) is 17.8 Å². The Bertz CT molecular complexity index is 1770. The largest absolute Gasteiger partial charge is 0.459 e. The third-order valence-electron chi connectivity index (χ3n) is 9.43. The van der Waals surface area contributed by atoms with Gasteiger partial charge in [0.1, 0.15) is 17.7 Å². The molecule has 6 atom stereocenters. The van der Waals surface area contributed by atoms with Gasteiger partial charge in [-0.15, -0.1) is 0 Å². The third-order valence-corrected chi connectivity index (χ3v) is 12.2. The number of carbonyl (C=O) groups excluding carboxylic acids is 1. The fraction of sp³-hybridized carbons (Fsp3) is 0.611. The molecule has 3 heterocycles. The van der Waals surface area contributed by atoms with Crippen molar-refractivity contribution in [3.63, 3.8) is 0 Å². The van der Waals surface area contributed by atoms with Crippen molar-refractivity contribution >= 4 is 42.7 Å². The van der Waals surface area contributed by atoms with Crippen molar-refractivity contribution in [1.29, 1.82) is 0 Å². The van der Waals surface area contributed by atoms with E-state index in [4.69, 9.17) is 14.2 Å². The van der Waals surface area contributed by atoms with E-state index in [-0.39, 0.29) is 66.9 Å². The van der Waals surface area contributed by atoms with E-state index in [0.29, 0.717) is 22.9 Å². The highest BCUT2D eigenvalue weighted by Gasteiger charge is 2.48. The first-order valence-corrected chi connectivity index (χ1v) is 20.0. The van der Waals surface area contributed by atoms with E-state index in [9.17, 15) is 27.1 Å². The van der Waals surface area contributed by atoms with Crippen LogP contribution in [0.3, 0.4) is 0 Å². The van der Waals surface area contributed by atoms with Gasteiger partial charge in [-0.3, -0.25) is 4.79 Å². The van der Waals surface area contributed by atoms with Crippen molar-refractivity contribution in [3.8, 4) is 0 Å². The fourth-order valence-corrected chi connectivity index (χ4v) is 9.66. The zero-order valence-corrected chi connectivity index (χ0v) is 31.0. The predicted octanol–water partition coefficient (Wildman–Crippen LogP) is 5.08. The van der Waals surface area contributed by atoms with E-state index in [1.54, 1.807) is 12.1 Å². The normalized spacial score (nSPS) is 23.6. The molecule has 1 aromatic heterocycles. The Morgan fingerprint density at radius 3 is 2.51 bits per heavy atom. The van der Waals surface area contributed by atoms with Gasteiger partial charge >= 0.3 is 5.97 Å². The number of hydrogen-bond donors (Lipinski definition) is 3. The SMILES string of the molecule is CC(C)CN(C[C@@H](O)[C@@H](CC(=O)O[C@H]1CO[C@H]2OCC[C@H](NC(C)C)[C@H]21)Cc1cc(F)cc(F)c1)S(=O)(=O)c1ccc2nc(NC3CC3)sc2c1. The van der Waals surface area contributed by atoms with E-state index >= 15 is 0 Å². The lowest BCUT2D eigenvalue weighted by atomic mass is 9.89. The Balaban J connectivity index is 1.22. The lowest BCUT2D eigenvalue weighted by Gasteiger charge is -2.36. The maximum Gasteiger partial charge on any atom is 0.306 e. The average molecular weight is 751 g/mol. The number of ether oxygens (including phenoxy) is 3. The zero-order valence-electron chi connectivity index (χ0n) is 29.4. The number of esters is 1. The van der Waals surface area contributed by atoms with Gasteiger partial charge in [0.05, 0.1) is 46.8 Å². The first kappa shape index (κ1) is 38.0. The fourth-order valence-electron chi connectivity index (χ4n) is 6.96. The molecule has 0 bridgehead atoms. The van der Waals surface area contributed by atoms with Crippen molar-refractivity contribution in [1.82, 2.24) is 14.6 Å². The van der Waals surface area contributed by atoms with Gasteiger partial charge in [-0.1, -0.05) is 39.0 Å². The summed E-state index contributed by atoms with van der Waals surface area (Å²) < 4.78 is 76.3. The van der Waals surface area contributed by atoms with Gasteiger partial charge < -0.3 is 30.0 Å². The second-order valence-corrected chi connectivity index (χ2v) is 17.7. The predicted molar refractivity (Wildman–Crippen MR) is 190 cm³/mol. The number of anilines is 1. The number of thiazole rings is 1. The van der Waals surface area contributed by atoms with Gasteiger partial charge in [-0.2, -0.15) is 4.31 Å².